The summed E-state index contributed by atoms with van der Waals surface area (Å²) in [6, 6.07) is 51.9. The molecule has 252 valence electrons. The molecular formula is C46H36N4OS. The monoisotopic (exact) mass is 692 g/mol. The number of benzene rings is 6. The topological polar surface area (TPSA) is 33.5 Å². The number of pyridine rings is 1. The summed E-state index contributed by atoms with van der Waals surface area (Å²) in [6.07, 6.45) is 1.92. The van der Waals surface area contributed by atoms with E-state index in [9.17, 15) is 0 Å². The summed E-state index contributed by atoms with van der Waals surface area (Å²) in [5.41, 5.74) is 8.07. The van der Waals surface area contributed by atoms with E-state index in [0.717, 1.165) is 34.0 Å². The Morgan fingerprint density at radius 3 is 2.06 bits per heavy atom. The molecule has 0 atom stereocenters. The predicted octanol–water partition coefficient (Wildman–Crippen LogP) is 12.9. The molecule has 0 fully saturated rings. The third kappa shape index (κ3) is 5.01. The molecule has 0 saturated heterocycles. The zero-order valence-corrected chi connectivity index (χ0v) is 30.1. The first kappa shape index (κ1) is 30.7. The zero-order chi connectivity index (χ0) is 35.0. The van der Waals surface area contributed by atoms with Gasteiger partial charge in [-0.15, -0.1) is 11.3 Å². The molecule has 0 N–H and O–H groups in total. The number of anilines is 4. The maximum Gasteiger partial charge on any atom is 0.137 e. The van der Waals surface area contributed by atoms with E-state index in [1.165, 1.54) is 53.6 Å². The van der Waals surface area contributed by atoms with E-state index in [4.69, 9.17) is 9.72 Å². The standard InChI is InChI=1S/C46H36N4OS/c1-46(2,3)30-23-24-47-45(25-30)50-39-15-6-4-13-35(39)36-22-20-34(28-42(36)50)51-33-12-10-11-31(26-33)48-29-49(41-17-8-7-16-40(41)48)32-19-21-38-37-14-5-9-18-43(37)52-44(38)27-32/h4-28H,29H2,1-3H3. The first-order valence-electron chi connectivity index (χ1n) is 17.7. The quantitative estimate of drug-likeness (QED) is 0.180. The second-order valence-electron chi connectivity index (χ2n) is 14.5. The van der Waals surface area contributed by atoms with Gasteiger partial charge in [0.2, 0.25) is 0 Å². The number of nitrogens with zero attached hydrogens (tertiary/aromatic N) is 4. The average Bonchev–Trinajstić information content (AvgIpc) is 3.84. The van der Waals surface area contributed by atoms with Crippen LogP contribution in [0.1, 0.15) is 26.3 Å². The van der Waals surface area contributed by atoms with E-state index in [2.05, 4.69) is 175 Å². The van der Waals surface area contributed by atoms with Gasteiger partial charge in [-0.05, 0) is 83.8 Å². The van der Waals surface area contributed by atoms with Crippen molar-refractivity contribution in [2.24, 2.45) is 0 Å². The van der Waals surface area contributed by atoms with Gasteiger partial charge in [-0.3, -0.25) is 4.57 Å². The maximum atomic E-state index is 6.66. The van der Waals surface area contributed by atoms with Crippen LogP contribution in [0.5, 0.6) is 11.5 Å². The Labute approximate surface area is 306 Å². The van der Waals surface area contributed by atoms with Gasteiger partial charge in [0.05, 0.1) is 22.4 Å². The summed E-state index contributed by atoms with van der Waals surface area (Å²) in [6.45, 7) is 7.41. The molecule has 52 heavy (non-hydrogen) atoms. The maximum absolute atomic E-state index is 6.66. The number of fused-ring (bicyclic) bond motifs is 7. The molecule has 1 aliphatic rings. The minimum Gasteiger partial charge on any atom is -0.457 e. The van der Waals surface area contributed by atoms with Crippen LogP contribution in [-0.4, -0.2) is 16.2 Å². The minimum atomic E-state index is 0.00933. The minimum absolute atomic E-state index is 0.00933. The molecule has 0 bridgehead atoms. The van der Waals surface area contributed by atoms with Crippen molar-refractivity contribution in [2.75, 3.05) is 16.5 Å². The molecule has 0 aliphatic carbocycles. The van der Waals surface area contributed by atoms with Gasteiger partial charge in [0.15, 0.2) is 0 Å². The number of ether oxygens (including phenoxy) is 1. The van der Waals surface area contributed by atoms with E-state index in [1.807, 2.05) is 23.6 Å². The highest BCUT2D eigenvalue weighted by atomic mass is 32.1. The largest absolute Gasteiger partial charge is 0.457 e. The highest BCUT2D eigenvalue weighted by Crippen LogP contribution is 2.46. The fraction of sp³-hybridized carbons (Fsp3) is 0.109. The van der Waals surface area contributed by atoms with Crippen LogP contribution in [0.25, 0.3) is 47.8 Å². The second-order valence-corrected chi connectivity index (χ2v) is 15.6. The van der Waals surface area contributed by atoms with Gasteiger partial charge in [0, 0.05) is 60.6 Å². The van der Waals surface area contributed by atoms with Crippen LogP contribution in [0.3, 0.4) is 0 Å². The number of hydrogen-bond acceptors (Lipinski definition) is 5. The van der Waals surface area contributed by atoms with Gasteiger partial charge in [-0.2, -0.15) is 0 Å². The Morgan fingerprint density at radius 1 is 0.558 bits per heavy atom. The molecule has 0 amide bonds. The van der Waals surface area contributed by atoms with Crippen molar-refractivity contribution < 1.29 is 4.74 Å². The number of para-hydroxylation sites is 3. The van der Waals surface area contributed by atoms with E-state index in [0.29, 0.717) is 6.67 Å². The first-order valence-corrected chi connectivity index (χ1v) is 18.5. The normalized spacial score (nSPS) is 13.1. The van der Waals surface area contributed by atoms with Gasteiger partial charge < -0.3 is 14.5 Å². The average molecular weight is 693 g/mol. The van der Waals surface area contributed by atoms with Crippen molar-refractivity contribution in [2.45, 2.75) is 26.2 Å². The Kier molecular flexibility index (Phi) is 6.92. The Balaban J connectivity index is 0.997. The summed E-state index contributed by atoms with van der Waals surface area (Å²) < 4.78 is 11.5. The van der Waals surface area contributed by atoms with Gasteiger partial charge in [-0.1, -0.05) is 81.4 Å². The van der Waals surface area contributed by atoms with Crippen LogP contribution in [0.15, 0.2) is 152 Å². The molecule has 5 nitrogen and oxygen atoms in total. The molecule has 4 heterocycles. The predicted molar refractivity (Wildman–Crippen MR) is 219 cm³/mol. The molecule has 0 saturated carbocycles. The zero-order valence-electron chi connectivity index (χ0n) is 29.2. The van der Waals surface area contributed by atoms with Crippen LogP contribution >= 0.6 is 11.3 Å². The molecule has 0 unspecified atom stereocenters. The lowest BCUT2D eigenvalue weighted by Gasteiger charge is -2.22. The Bertz CT molecular complexity index is 2830. The fourth-order valence-corrected chi connectivity index (χ4v) is 8.80. The Morgan fingerprint density at radius 2 is 1.23 bits per heavy atom. The van der Waals surface area contributed by atoms with Crippen molar-refractivity contribution in [3.63, 3.8) is 0 Å². The summed E-state index contributed by atoms with van der Waals surface area (Å²) in [5.74, 6) is 2.47. The molecule has 9 aromatic rings. The molecule has 10 rings (SSSR count). The third-order valence-electron chi connectivity index (χ3n) is 10.3. The van der Waals surface area contributed by atoms with E-state index >= 15 is 0 Å². The highest BCUT2D eigenvalue weighted by Gasteiger charge is 2.28. The van der Waals surface area contributed by atoms with Gasteiger partial charge in [0.1, 0.15) is 24.0 Å². The first-order chi connectivity index (χ1) is 25.4. The van der Waals surface area contributed by atoms with Crippen molar-refractivity contribution in [3.8, 4) is 17.3 Å². The summed E-state index contributed by atoms with van der Waals surface area (Å²) >= 11 is 1.86. The van der Waals surface area contributed by atoms with Gasteiger partial charge >= 0.3 is 0 Å². The lowest BCUT2D eigenvalue weighted by molar-refractivity contribution is 0.483. The SMILES string of the molecule is CC(C)(C)c1ccnc(-n2c3ccccc3c3ccc(Oc4cccc(N5CN(c6ccc7c(c6)sc6ccccc67)c6ccccc65)c4)cc32)c1. The van der Waals surface area contributed by atoms with Crippen LogP contribution < -0.4 is 14.5 Å². The van der Waals surface area contributed by atoms with Crippen LogP contribution in [0.4, 0.5) is 22.7 Å². The highest BCUT2D eigenvalue weighted by molar-refractivity contribution is 7.25. The van der Waals surface area contributed by atoms with E-state index < -0.39 is 0 Å². The van der Waals surface area contributed by atoms with Crippen molar-refractivity contribution >= 4 is 76.1 Å². The van der Waals surface area contributed by atoms with Crippen LogP contribution in [0.2, 0.25) is 0 Å². The molecule has 0 radical (unpaired) electrons. The number of aromatic nitrogens is 2. The van der Waals surface area contributed by atoms with Crippen LogP contribution in [-0.2, 0) is 5.41 Å². The van der Waals surface area contributed by atoms with Gasteiger partial charge in [0.25, 0.3) is 0 Å². The molecule has 6 heteroatoms. The van der Waals surface area contributed by atoms with E-state index in [1.54, 1.807) is 0 Å². The second kappa shape index (κ2) is 11.7. The summed E-state index contributed by atoms with van der Waals surface area (Å²) in [7, 11) is 0. The lowest BCUT2D eigenvalue weighted by atomic mass is 9.88. The summed E-state index contributed by atoms with van der Waals surface area (Å²) in [5, 5.41) is 4.99. The number of rotatable bonds is 5. The lowest BCUT2D eigenvalue weighted by Crippen LogP contribution is -2.23. The molecule has 3 aromatic heterocycles. The fourth-order valence-electron chi connectivity index (χ4n) is 7.66. The van der Waals surface area contributed by atoms with Gasteiger partial charge in [-0.25, -0.2) is 4.98 Å². The number of thiophene rings is 1. The molecule has 0 spiro atoms. The van der Waals surface area contributed by atoms with E-state index in [-0.39, 0.29) is 5.41 Å². The van der Waals surface area contributed by atoms with Crippen LogP contribution in [0, 0.1) is 0 Å². The van der Waals surface area contributed by atoms with Crippen molar-refractivity contribution in [3.05, 3.63) is 157 Å². The molecule has 1 aliphatic heterocycles. The molecule has 6 aromatic carbocycles. The van der Waals surface area contributed by atoms with Crippen molar-refractivity contribution in [1.82, 2.24) is 9.55 Å². The molecular weight excluding hydrogens is 657 g/mol. The van der Waals surface area contributed by atoms with Crippen molar-refractivity contribution in [1.29, 1.82) is 0 Å². The number of hydrogen-bond donors (Lipinski definition) is 0. The third-order valence-corrected chi connectivity index (χ3v) is 11.4. The Hall–Kier alpha value is -6.11. The summed E-state index contributed by atoms with van der Waals surface area (Å²) in [4.78, 5) is 9.62. The smallest absolute Gasteiger partial charge is 0.137 e.